The molecule has 0 bridgehead atoms. The first-order valence-electron chi connectivity index (χ1n) is 4.79. The average Bonchev–Trinajstić information content (AvgIpc) is 2.30. The van der Waals surface area contributed by atoms with Gasteiger partial charge in [0, 0.05) is 13.1 Å². The van der Waals surface area contributed by atoms with Crippen LogP contribution in [0.2, 0.25) is 0 Å². The maximum atomic E-state index is 5.61. The van der Waals surface area contributed by atoms with E-state index in [9.17, 15) is 0 Å². The molecule has 1 fully saturated rings. The van der Waals surface area contributed by atoms with Crippen molar-refractivity contribution < 1.29 is 9.47 Å². The minimum atomic E-state index is 0.110. The molecule has 0 spiro atoms. The summed E-state index contributed by atoms with van der Waals surface area (Å²) >= 11 is 0. The zero-order valence-corrected chi connectivity index (χ0v) is 8.27. The number of hydrogen-bond acceptors (Lipinski definition) is 2. The van der Waals surface area contributed by atoms with Crippen molar-refractivity contribution in [2.75, 3.05) is 26.8 Å². The topological polar surface area (TPSA) is 32.6 Å². The summed E-state index contributed by atoms with van der Waals surface area (Å²) in [7, 11) is 1.67. The van der Waals surface area contributed by atoms with Gasteiger partial charge in [-0.3, -0.25) is 0 Å². The Hall–Kier alpha value is -1.06. The van der Waals surface area contributed by atoms with Crippen molar-refractivity contribution in [3.05, 3.63) is 29.8 Å². The third-order valence-electron chi connectivity index (χ3n) is 2.33. The van der Waals surface area contributed by atoms with Crippen LogP contribution in [-0.2, 0) is 4.74 Å². The van der Waals surface area contributed by atoms with Gasteiger partial charge in [-0.2, -0.15) is 0 Å². The molecule has 1 unspecified atom stereocenters. The zero-order chi connectivity index (χ0) is 9.80. The average molecular weight is 192 g/mol. The molecule has 1 aromatic carbocycles. The molecule has 1 radical (unpaired) electrons. The van der Waals surface area contributed by atoms with Crippen LogP contribution in [0.4, 0.5) is 0 Å². The van der Waals surface area contributed by atoms with E-state index in [0.717, 1.165) is 31.0 Å². The van der Waals surface area contributed by atoms with Crippen molar-refractivity contribution in [2.45, 2.75) is 6.10 Å². The molecule has 0 N–H and O–H groups in total. The Bertz CT molecular complexity index is 295. The number of hydrogen-bond donors (Lipinski definition) is 0. The SMILES string of the molecule is COc1cccc(C2C[N]CCO2)c1. The third-order valence-corrected chi connectivity index (χ3v) is 2.33. The summed E-state index contributed by atoms with van der Waals surface area (Å²) in [5, 5.41) is 4.32. The van der Waals surface area contributed by atoms with E-state index in [4.69, 9.17) is 9.47 Å². The standard InChI is InChI=1S/C11H14NO2/c1-13-10-4-2-3-9(7-10)11-8-12-5-6-14-11/h2-4,7,11H,5-6,8H2,1H3. The summed E-state index contributed by atoms with van der Waals surface area (Å²) in [4.78, 5) is 0. The maximum Gasteiger partial charge on any atom is 0.119 e. The lowest BCUT2D eigenvalue weighted by molar-refractivity contribution is 0.0259. The molecule has 1 aliphatic rings. The van der Waals surface area contributed by atoms with Gasteiger partial charge in [-0.1, -0.05) is 12.1 Å². The first kappa shape index (κ1) is 9.49. The van der Waals surface area contributed by atoms with Crippen molar-refractivity contribution in [2.24, 2.45) is 0 Å². The number of rotatable bonds is 2. The molecule has 2 rings (SSSR count). The Morgan fingerprint density at radius 1 is 1.50 bits per heavy atom. The molecule has 1 atom stereocenters. The van der Waals surface area contributed by atoms with E-state index in [1.807, 2.05) is 24.3 Å². The number of nitrogens with zero attached hydrogens (tertiary/aromatic N) is 1. The zero-order valence-electron chi connectivity index (χ0n) is 8.27. The van der Waals surface area contributed by atoms with Gasteiger partial charge in [-0.05, 0) is 17.7 Å². The van der Waals surface area contributed by atoms with Gasteiger partial charge in [0.05, 0.1) is 19.8 Å². The van der Waals surface area contributed by atoms with Gasteiger partial charge in [0.1, 0.15) is 5.75 Å². The highest BCUT2D eigenvalue weighted by Gasteiger charge is 2.16. The van der Waals surface area contributed by atoms with Crippen LogP contribution in [-0.4, -0.2) is 26.8 Å². The Kier molecular flexibility index (Phi) is 3.01. The summed E-state index contributed by atoms with van der Waals surface area (Å²) < 4.78 is 10.8. The molecule has 1 saturated heterocycles. The van der Waals surface area contributed by atoms with Crippen molar-refractivity contribution in [1.82, 2.24) is 5.32 Å². The van der Waals surface area contributed by atoms with Crippen molar-refractivity contribution in [1.29, 1.82) is 0 Å². The predicted octanol–water partition coefficient (Wildman–Crippen LogP) is 1.37. The summed E-state index contributed by atoms with van der Waals surface area (Å²) in [5.41, 5.74) is 1.15. The Morgan fingerprint density at radius 3 is 3.14 bits per heavy atom. The molecule has 75 valence electrons. The number of methoxy groups -OCH3 is 1. The summed E-state index contributed by atoms with van der Waals surface area (Å²) in [6.07, 6.45) is 0.110. The van der Waals surface area contributed by atoms with E-state index in [-0.39, 0.29) is 6.10 Å². The van der Waals surface area contributed by atoms with Gasteiger partial charge < -0.3 is 9.47 Å². The Balaban J connectivity index is 2.13. The van der Waals surface area contributed by atoms with Gasteiger partial charge in [-0.25, -0.2) is 5.32 Å². The molecule has 0 saturated carbocycles. The molecule has 0 aliphatic carbocycles. The van der Waals surface area contributed by atoms with Crippen molar-refractivity contribution in [3.8, 4) is 5.75 Å². The highest BCUT2D eigenvalue weighted by Crippen LogP contribution is 2.22. The molecule has 0 aromatic heterocycles. The molecule has 3 nitrogen and oxygen atoms in total. The van der Waals surface area contributed by atoms with E-state index in [1.165, 1.54) is 0 Å². The fraction of sp³-hybridized carbons (Fsp3) is 0.455. The Labute approximate surface area is 84.0 Å². The van der Waals surface area contributed by atoms with Crippen molar-refractivity contribution in [3.63, 3.8) is 0 Å². The number of ether oxygens (including phenoxy) is 2. The predicted molar refractivity (Wildman–Crippen MR) is 53.6 cm³/mol. The largest absolute Gasteiger partial charge is 0.497 e. The molecular weight excluding hydrogens is 178 g/mol. The highest BCUT2D eigenvalue weighted by atomic mass is 16.5. The summed E-state index contributed by atoms with van der Waals surface area (Å²) in [6.45, 7) is 2.30. The molecule has 1 heterocycles. The van der Waals surface area contributed by atoms with E-state index in [1.54, 1.807) is 7.11 Å². The number of benzene rings is 1. The molecule has 1 aromatic rings. The monoisotopic (exact) mass is 192 g/mol. The van der Waals surface area contributed by atoms with Gasteiger partial charge in [0.25, 0.3) is 0 Å². The minimum Gasteiger partial charge on any atom is -0.497 e. The van der Waals surface area contributed by atoms with Crippen LogP contribution in [0.1, 0.15) is 11.7 Å². The van der Waals surface area contributed by atoms with Crippen LogP contribution >= 0.6 is 0 Å². The van der Waals surface area contributed by atoms with Crippen LogP contribution < -0.4 is 10.1 Å². The fourth-order valence-corrected chi connectivity index (χ4v) is 1.56. The fourth-order valence-electron chi connectivity index (χ4n) is 1.56. The molecule has 1 aliphatic heterocycles. The van der Waals surface area contributed by atoms with Crippen LogP contribution in [0.25, 0.3) is 0 Å². The Morgan fingerprint density at radius 2 is 2.43 bits per heavy atom. The first-order chi connectivity index (χ1) is 6.90. The normalized spacial score (nSPS) is 21.9. The smallest absolute Gasteiger partial charge is 0.119 e. The molecule has 14 heavy (non-hydrogen) atoms. The second kappa shape index (κ2) is 4.44. The second-order valence-electron chi connectivity index (χ2n) is 3.27. The van der Waals surface area contributed by atoms with E-state index < -0.39 is 0 Å². The lowest BCUT2D eigenvalue weighted by Gasteiger charge is -2.22. The molecular formula is C11H14NO2. The maximum absolute atomic E-state index is 5.61. The van der Waals surface area contributed by atoms with Gasteiger partial charge in [0.2, 0.25) is 0 Å². The quantitative estimate of drug-likeness (QED) is 0.709. The van der Waals surface area contributed by atoms with E-state index in [0.29, 0.717) is 0 Å². The third kappa shape index (κ3) is 2.05. The van der Waals surface area contributed by atoms with Gasteiger partial charge >= 0.3 is 0 Å². The highest BCUT2D eigenvalue weighted by molar-refractivity contribution is 5.30. The minimum absolute atomic E-state index is 0.110. The van der Waals surface area contributed by atoms with E-state index >= 15 is 0 Å². The van der Waals surface area contributed by atoms with Crippen LogP contribution in [0.3, 0.4) is 0 Å². The summed E-state index contributed by atoms with van der Waals surface area (Å²) in [6, 6.07) is 7.97. The molecule has 3 heteroatoms. The lowest BCUT2D eigenvalue weighted by Crippen LogP contribution is -2.28. The second-order valence-corrected chi connectivity index (χ2v) is 3.27. The van der Waals surface area contributed by atoms with Crippen LogP contribution in [0, 0.1) is 0 Å². The number of morpholine rings is 1. The lowest BCUT2D eigenvalue weighted by atomic mass is 10.1. The van der Waals surface area contributed by atoms with Crippen LogP contribution in [0.5, 0.6) is 5.75 Å². The van der Waals surface area contributed by atoms with E-state index in [2.05, 4.69) is 5.32 Å². The van der Waals surface area contributed by atoms with Gasteiger partial charge in [0.15, 0.2) is 0 Å². The van der Waals surface area contributed by atoms with Gasteiger partial charge in [-0.15, -0.1) is 0 Å². The summed E-state index contributed by atoms with van der Waals surface area (Å²) in [5.74, 6) is 0.872. The van der Waals surface area contributed by atoms with Crippen LogP contribution in [0.15, 0.2) is 24.3 Å². The first-order valence-corrected chi connectivity index (χ1v) is 4.79. The van der Waals surface area contributed by atoms with Crippen molar-refractivity contribution >= 4 is 0 Å². The molecule has 0 amide bonds.